The Labute approximate surface area is 114 Å². The molecule has 1 atom stereocenters. The first-order valence-electron chi connectivity index (χ1n) is 5.83. The van der Waals surface area contributed by atoms with Gasteiger partial charge in [0, 0.05) is 11.6 Å². The first kappa shape index (κ1) is 11.9. The lowest BCUT2D eigenvalue weighted by Crippen LogP contribution is -2.12. The molecule has 0 saturated carbocycles. The van der Waals surface area contributed by atoms with E-state index in [-0.39, 0.29) is 10.8 Å². The number of hydrogen-bond donors (Lipinski definition) is 2. The lowest BCUT2D eigenvalue weighted by atomic mass is 10.1. The fraction of sp³-hybridized carbons (Fsp3) is 0.0714. The minimum atomic E-state index is -0.275. The van der Waals surface area contributed by atoms with Gasteiger partial charge >= 0.3 is 0 Å². The number of aromatic amines is 1. The molecule has 94 valence electrons. The summed E-state index contributed by atoms with van der Waals surface area (Å²) in [5, 5.41) is 7.78. The van der Waals surface area contributed by atoms with Gasteiger partial charge in [-0.3, -0.25) is 9.78 Å². The third kappa shape index (κ3) is 2.13. The summed E-state index contributed by atoms with van der Waals surface area (Å²) in [7, 11) is 0. The summed E-state index contributed by atoms with van der Waals surface area (Å²) in [6, 6.07) is 13.0. The zero-order valence-corrected chi connectivity index (χ0v) is 10.8. The molecule has 0 aliphatic rings. The molecule has 2 heterocycles. The Morgan fingerprint density at radius 2 is 1.79 bits per heavy atom. The maximum Gasteiger partial charge on any atom is 0.272 e. The van der Waals surface area contributed by atoms with E-state index in [2.05, 4.69) is 27.8 Å². The Morgan fingerprint density at radius 1 is 1.05 bits per heavy atom. The van der Waals surface area contributed by atoms with E-state index in [1.165, 1.54) is 0 Å². The Balaban J connectivity index is 2.21. The van der Waals surface area contributed by atoms with Crippen molar-refractivity contribution in [1.29, 1.82) is 0 Å². The largest absolute Gasteiger partial charge is 0.272 e. The lowest BCUT2D eigenvalue weighted by Gasteiger charge is -2.11. The average molecular weight is 269 g/mol. The molecule has 0 fully saturated rings. The first-order valence-corrected chi connectivity index (χ1v) is 6.35. The van der Waals surface area contributed by atoms with E-state index >= 15 is 0 Å². The van der Waals surface area contributed by atoms with E-state index < -0.39 is 0 Å². The number of thiol groups is 1. The summed E-state index contributed by atoms with van der Waals surface area (Å²) in [4.78, 5) is 16.0. The summed E-state index contributed by atoms with van der Waals surface area (Å²) >= 11 is 4.57. The van der Waals surface area contributed by atoms with Gasteiger partial charge in [-0.25, -0.2) is 5.10 Å². The monoisotopic (exact) mass is 269 g/mol. The minimum absolute atomic E-state index is 0.194. The number of fused-ring (bicyclic) bond motifs is 1. The quantitative estimate of drug-likeness (QED) is 0.702. The van der Waals surface area contributed by atoms with Crippen LogP contribution in [-0.2, 0) is 0 Å². The van der Waals surface area contributed by atoms with Crippen molar-refractivity contribution in [2.45, 2.75) is 5.25 Å². The van der Waals surface area contributed by atoms with Crippen LogP contribution in [0.3, 0.4) is 0 Å². The summed E-state index contributed by atoms with van der Waals surface area (Å²) in [5.41, 5.74) is 1.31. The second-order valence-corrected chi connectivity index (χ2v) is 4.66. The summed E-state index contributed by atoms with van der Waals surface area (Å²) in [6.45, 7) is 0. The molecular weight excluding hydrogens is 258 g/mol. The van der Waals surface area contributed by atoms with Gasteiger partial charge in [0.1, 0.15) is 0 Å². The highest BCUT2D eigenvalue weighted by Crippen LogP contribution is 2.28. The molecule has 19 heavy (non-hydrogen) atoms. The molecule has 0 saturated heterocycles. The van der Waals surface area contributed by atoms with Crippen LogP contribution in [0.4, 0.5) is 0 Å². The van der Waals surface area contributed by atoms with E-state index in [0.717, 1.165) is 11.1 Å². The highest BCUT2D eigenvalue weighted by Gasteiger charge is 2.16. The third-order valence-electron chi connectivity index (χ3n) is 2.95. The molecular formula is C14H11N3OS. The zero-order valence-electron chi connectivity index (χ0n) is 9.95. The molecule has 3 rings (SSSR count). The van der Waals surface area contributed by atoms with Crippen molar-refractivity contribution in [1.82, 2.24) is 15.2 Å². The van der Waals surface area contributed by atoms with E-state index in [0.29, 0.717) is 11.1 Å². The predicted molar refractivity (Wildman–Crippen MR) is 77.4 cm³/mol. The number of hydrogen-bond acceptors (Lipinski definition) is 4. The smallest absolute Gasteiger partial charge is 0.267 e. The van der Waals surface area contributed by atoms with Crippen LogP contribution >= 0.6 is 12.6 Å². The number of benzene rings is 1. The third-order valence-corrected chi connectivity index (χ3v) is 3.46. The molecule has 0 aliphatic heterocycles. The highest BCUT2D eigenvalue weighted by atomic mass is 32.1. The average Bonchev–Trinajstić information content (AvgIpc) is 2.48. The van der Waals surface area contributed by atoms with Crippen LogP contribution in [0.5, 0.6) is 0 Å². The maximum absolute atomic E-state index is 11.7. The molecule has 0 aliphatic carbocycles. The summed E-state index contributed by atoms with van der Waals surface area (Å²) in [5.74, 6) is 0. The summed E-state index contributed by atoms with van der Waals surface area (Å²) in [6.07, 6.45) is 1.71. The molecule has 2 aromatic heterocycles. The van der Waals surface area contributed by atoms with Crippen LogP contribution in [0.15, 0.2) is 53.5 Å². The second kappa shape index (κ2) is 4.85. The number of nitrogens with one attached hydrogen (secondary N) is 1. The number of nitrogens with zero attached hydrogens (tertiary/aromatic N) is 2. The van der Waals surface area contributed by atoms with Crippen molar-refractivity contribution < 1.29 is 0 Å². The molecule has 1 aromatic carbocycles. The second-order valence-electron chi connectivity index (χ2n) is 4.14. The van der Waals surface area contributed by atoms with Gasteiger partial charge in [0.05, 0.1) is 22.0 Å². The standard InChI is InChI=1S/C14H11N3OS/c18-14-10-6-2-1-5-9(10)12(16-17-14)13(19)11-7-3-4-8-15-11/h1-8,13,19H,(H,17,18). The molecule has 3 aromatic rings. The number of aromatic nitrogens is 3. The van der Waals surface area contributed by atoms with Crippen molar-refractivity contribution in [3.8, 4) is 0 Å². The molecule has 0 amide bonds. The van der Waals surface area contributed by atoms with Crippen LogP contribution in [0, 0.1) is 0 Å². The molecule has 1 N–H and O–H groups in total. The number of H-pyrrole nitrogens is 1. The maximum atomic E-state index is 11.7. The Morgan fingerprint density at radius 3 is 2.53 bits per heavy atom. The topological polar surface area (TPSA) is 58.6 Å². The fourth-order valence-corrected chi connectivity index (χ4v) is 2.37. The van der Waals surface area contributed by atoms with E-state index in [1.54, 1.807) is 12.3 Å². The van der Waals surface area contributed by atoms with E-state index in [9.17, 15) is 4.79 Å². The predicted octanol–water partition coefficient (Wildman–Crippen LogP) is 2.34. The number of rotatable bonds is 2. The summed E-state index contributed by atoms with van der Waals surface area (Å²) < 4.78 is 0. The minimum Gasteiger partial charge on any atom is -0.267 e. The lowest BCUT2D eigenvalue weighted by molar-refractivity contribution is 0.909. The van der Waals surface area contributed by atoms with Crippen molar-refractivity contribution in [3.05, 3.63) is 70.4 Å². The van der Waals surface area contributed by atoms with Crippen LogP contribution in [0.25, 0.3) is 10.8 Å². The SMILES string of the molecule is O=c1[nH]nc(C(S)c2ccccn2)c2ccccc12. The van der Waals surface area contributed by atoms with Crippen molar-refractivity contribution in [2.75, 3.05) is 0 Å². The molecule has 4 nitrogen and oxygen atoms in total. The number of pyridine rings is 1. The normalized spacial score (nSPS) is 12.5. The molecule has 0 spiro atoms. The Kier molecular flexibility index (Phi) is 3.05. The Bertz CT molecular complexity index is 770. The highest BCUT2D eigenvalue weighted by molar-refractivity contribution is 7.80. The van der Waals surface area contributed by atoms with Gasteiger partial charge in [-0.15, -0.1) is 0 Å². The van der Waals surface area contributed by atoms with Crippen LogP contribution < -0.4 is 5.56 Å². The van der Waals surface area contributed by atoms with Gasteiger partial charge < -0.3 is 0 Å². The van der Waals surface area contributed by atoms with E-state index in [1.807, 2.05) is 36.4 Å². The molecule has 0 bridgehead atoms. The van der Waals surface area contributed by atoms with Gasteiger partial charge in [0.2, 0.25) is 0 Å². The van der Waals surface area contributed by atoms with E-state index in [4.69, 9.17) is 0 Å². The van der Waals surface area contributed by atoms with Crippen LogP contribution in [0.1, 0.15) is 16.6 Å². The van der Waals surface area contributed by atoms with Crippen LogP contribution in [-0.4, -0.2) is 15.2 Å². The van der Waals surface area contributed by atoms with Gasteiger partial charge in [0.25, 0.3) is 5.56 Å². The van der Waals surface area contributed by atoms with Gasteiger partial charge in [-0.05, 0) is 18.2 Å². The zero-order chi connectivity index (χ0) is 13.2. The van der Waals surface area contributed by atoms with Crippen LogP contribution in [0.2, 0.25) is 0 Å². The van der Waals surface area contributed by atoms with Gasteiger partial charge in [0.15, 0.2) is 0 Å². The van der Waals surface area contributed by atoms with Gasteiger partial charge in [-0.1, -0.05) is 24.3 Å². The molecule has 0 radical (unpaired) electrons. The van der Waals surface area contributed by atoms with Crippen molar-refractivity contribution in [2.24, 2.45) is 0 Å². The van der Waals surface area contributed by atoms with Crippen molar-refractivity contribution >= 4 is 23.4 Å². The first-order chi connectivity index (χ1) is 9.27. The molecule has 1 unspecified atom stereocenters. The van der Waals surface area contributed by atoms with Crippen molar-refractivity contribution in [3.63, 3.8) is 0 Å². The van der Waals surface area contributed by atoms with Gasteiger partial charge in [-0.2, -0.15) is 17.7 Å². The molecule has 5 heteroatoms. The Hall–Kier alpha value is -2.14. The fourth-order valence-electron chi connectivity index (χ4n) is 2.02.